The van der Waals surface area contributed by atoms with Crippen LogP contribution in [0.25, 0.3) is 0 Å². The molecule has 0 aliphatic rings. The molecule has 128 valence electrons. The summed E-state index contributed by atoms with van der Waals surface area (Å²) in [7, 11) is 0. The van der Waals surface area contributed by atoms with Crippen LogP contribution in [-0.4, -0.2) is 39.6 Å². The van der Waals surface area contributed by atoms with E-state index in [1.807, 2.05) is 12.3 Å². The number of nitrogens with zero attached hydrogens (tertiary/aromatic N) is 1. The van der Waals surface area contributed by atoms with Gasteiger partial charge < -0.3 is 15.0 Å². The molecule has 1 aromatic rings. The first-order chi connectivity index (χ1) is 11.0. The standard InChI is InChI=1S/C16H24N2O4S/c1-12-6-5-10-18(15(12)20)9-4-3-7-14(19)17-13(16(21)22)8-11-23-2/h5-6,10,13H,3-4,7-9,11H2,1-2H3,(H,17,19)(H,21,22). The van der Waals surface area contributed by atoms with Crippen molar-refractivity contribution >= 4 is 23.6 Å². The molecule has 7 heteroatoms. The number of thioether (sulfide) groups is 1. The number of amides is 1. The number of carbonyl (C=O) groups is 2. The van der Waals surface area contributed by atoms with Crippen molar-refractivity contribution < 1.29 is 14.7 Å². The van der Waals surface area contributed by atoms with Gasteiger partial charge in [-0.15, -0.1) is 0 Å². The molecule has 0 spiro atoms. The highest BCUT2D eigenvalue weighted by molar-refractivity contribution is 7.98. The van der Waals surface area contributed by atoms with E-state index in [0.29, 0.717) is 37.1 Å². The van der Waals surface area contributed by atoms with E-state index in [0.717, 1.165) is 0 Å². The Bertz CT molecular complexity index is 586. The molecule has 0 bridgehead atoms. The van der Waals surface area contributed by atoms with Crippen LogP contribution in [0.4, 0.5) is 0 Å². The van der Waals surface area contributed by atoms with Crippen molar-refractivity contribution in [2.75, 3.05) is 12.0 Å². The molecular weight excluding hydrogens is 316 g/mol. The lowest BCUT2D eigenvalue weighted by Crippen LogP contribution is -2.41. The fourth-order valence-corrected chi connectivity index (χ4v) is 2.63. The summed E-state index contributed by atoms with van der Waals surface area (Å²) < 4.78 is 1.63. The lowest BCUT2D eigenvalue weighted by atomic mass is 10.2. The quantitative estimate of drug-likeness (QED) is 0.632. The molecule has 2 N–H and O–H groups in total. The predicted molar refractivity (Wildman–Crippen MR) is 91.9 cm³/mol. The summed E-state index contributed by atoms with van der Waals surface area (Å²) >= 11 is 1.55. The number of unbranched alkanes of at least 4 members (excludes halogenated alkanes) is 1. The van der Waals surface area contributed by atoms with E-state index >= 15 is 0 Å². The van der Waals surface area contributed by atoms with Crippen LogP contribution in [0.3, 0.4) is 0 Å². The molecule has 23 heavy (non-hydrogen) atoms. The molecule has 1 atom stereocenters. The van der Waals surface area contributed by atoms with Gasteiger partial charge in [0.15, 0.2) is 0 Å². The van der Waals surface area contributed by atoms with Crippen molar-refractivity contribution in [3.63, 3.8) is 0 Å². The maximum absolute atomic E-state index is 11.8. The molecule has 1 rings (SSSR count). The van der Waals surface area contributed by atoms with Crippen LogP contribution in [0.1, 0.15) is 31.2 Å². The lowest BCUT2D eigenvalue weighted by Gasteiger charge is -2.14. The first-order valence-corrected chi connectivity index (χ1v) is 9.02. The molecule has 1 unspecified atom stereocenters. The highest BCUT2D eigenvalue weighted by atomic mass is 32.2. The van der Waals surface area contributed by atoms with Gasteiger partial charge in [0.2, 0.25) is 5.91 Å². The molecule has 0 radical (unpaired) electrons. The molecule has 0 aliphatic carbocycles. The largest absolute Gasteiger partial charge is 0.480 e. The topological polar surface area (TPSA) is 88.4 Å². The van der Waals surface area contributed by atoms with Gasteiger partial charge >= 0.3 is 5.97 Å². The second kappa shape index (κ2) is 10.1. The van der Waals surface area contributed by atoms with E-state index in [-0.39, 0.29) is 17.9 Å². The number of hydrogen-bond acceptors (Lipinski definition) is 4. The molecule has 1 heterocycles. The third-order valence-electron chi connectivity index (χ3n) is 3.51. The summed E-state index contributed by atoms with van der Waals surface area (Å²) in [5, 5.41) is 11.6. The molecule has 0 aromatic carbocycles. The molecule has 1 amide bonds. The number of hydrogen-bond donors (Lipinski definition) is 2. The molecule has 0 saturated heterocycles. The zero-order valence-electron chi connectivity index (χ0n) is 13.6. The first kappa shape index (κ1) is 19.3. The van der Waals surface area contributed by atoms with Crippen LogP contribution in [0.15, 0.2) is 23.1 Å². The van der Waals surface area contributed by atoms with Crippen molar-refractivity contribution in [3.8, 4) is 0 Å². The Balaban J connectivity index is 2.34. The fraction of sp³-hybridized carbons (Fsp3) is 0.562. The monoisotopic (exact) mass is 340 g/mol. The van der Waals surface area contributed by atoms with Crippen LogP contribution in [-0.2, 0) is 16.1 Å². The van der Waals surface area contributed by atoms with Gasteiger partial charge in [-0.05, 0) is 44.3 Å². The van der Waals surface area contributed by atoms with Crippen LogP contribution in [0.5, 0.6) is 0 Å². The Morgan fingerprint density at radius 3 is 2.78 bits per heavy atom. The number of aromatic nitrogens is 1. The third kappa shape index (κ3) is 6.90. The van der Waals surface area contributed by atoms with E-state index in [9.17, 15) is 14.4 Å². The summed E-state index contributed by atoms with van der Waals surface area (Å²) in [4.78, 5) is 34.7. The number of aryl methyl sites for hydroxylation is 2. The van der Waals surface area contributed by atoms with Gasteiger partial charge in [0.05, 0.1) is 0 Å². The second-order valence-electron chi connectivity index (χ2n) is 5.39. The van der Waals surface area contributed by atoms with Crippen molar-refractivity contribution in [2.45, 2.75) is 45.2 Å². The molecule has 1 aromatic heterocycles. The molecule has 0 aliphatic heterocycles. The highest BCUT2D eigenvalue weighted by Crippen LogP contribution is 2.03. The van der Waals surface area contributed by atoms with Crippen LogP contribution in [0.2, 0.25) is 0 Å². The zero-order chi connectivity index (χ0) is 17.2. The van der Waals surface area contributed by atoms with Crippen LogP contribution >= 0.6 is 11.8 Å². The summed E-state index contributed by atoms with van der Waals surface area (Å²) in [5.74, 6) is -0.568. The van der Waals surface area contributed by atoms with E-state index in [4.69, 9.17) is 5.11 Å². The minimum atomic E-state index is -1.00. The predicted octanol–water partition coefficient (Wildman–Crippen LogP) is 1.65. The van der Waals surface area contributed by atoms with Crippen LogP contribution < -0.4 is 10.9 Å². The number of carboxylic acids is 1. The molecule has 6 nitrogen and oxygen atoms in total. The number of rotatable bonds is 10. The maximum atomic E-state index is 11.8. The maximum Gasteiger partial charge on any atom is 0.326 e. The Morgan fingerprint density at radius 1 is 1.39 bits per heavy atom. The van der Waals surface area contributed by atoms with E-state index in [1.165, 1.54) is 0 Å². The Labute approximate surface area is 140 Å². The van der Waals surface area contributed by atoms with Crippen molar-refractivity contribution in [3.05, 3.63) is 34.2 Å². The number of carbonyl (C=O) groups excluding carboxylic acids is 1. The number of carboxylic acid groups (broad SMARTS) is 1. The number of pyridine rings is 1. The van der Waals surface area contributed by atoms with E-state index < -0.39 is 12.0 Å². The van der Waals surface area contributed by atoms with E-state index in [1.54, 1.807) is 35.5 Å². The van der Waals surface area contributed by atoms with E-state index in [2.05, 4.69) is 5.32 Å². The second-order valence-corrected chi connectivity index (χ2v) is 6.37. The minimum absolute atomic E-state index is 0.0139. The third-order valence-corrected chi connectivity index (χ3v) is 4.15. The smallest absolute Gasteiger partial charge is 0.326 e. The summed E-state index contributed by atoms with van der Waals surface area (Å²) in [5.41, 5.74) is 0.684. The summed E-state index contributed by atoms with van der Waals surface area (Å²) in [6, 6.07) is 2.77. The van der Waals surface area contributed by atoms with Gasteiger partial charge in [-0.2, -0.15) is 11.8 Å². The van der Waals surface area contributed by atoms with Gasteiger partial charge in [0.25, 0.3) is 5.56 Å². The number of nitrogens with one attached hydrogen (secondary N) is 1. The van der Waals surface area contributed by atoms with Gasteiger partial charge in [0.1, 0.15) is 6.04 Å². The highest BCUT2D eigenvalue weighted by Gasteiger charge is 2.18. The first-order valence-electron chi connectivity index (χ1n) is 7.63. The average molecular weight is 340 g/mol. The zero-order valence-corrected chi connectivity index (χ0v) is 14.4. The van der Waals surface area contributed by atoms with Gasteiger partial charge in [-0.3, -0.25) is 9.59 Å². The summed E-state index contributed by atoms with van der Waals surface area (Å²) in [6.07, 6.45) is 5.62. The minimum Gasteiger partial charge on any atom is -0.480 e. The van der Waals surface area contributed by atoms with Crippen molar-refractivity contribution in [2.24, 2.45) is 0 Å². The van der Waals surface area contributed by atoms with Crippen molar-refractivity contribution in [1.29, 1.82) is 0 Å². The number of aliphatic carboxylic acids is 1. The van der Waals surface area contributed by atoms with Crippen LogP contribution in [0, 0.1) is 6.92 Å². The summed E-state index contributed by atoms with van der Waals surface area (Å²) in [6.45, 7) is 2.33. The molecule has 0 saturated carbocycles. The lowest BCUT2D eigenvalue weighted by molar-refractivity contribution is -0.141. The Morgan fingerprint density at radius 2 is 2.13 bits per heavy atom. The van der Waals surface area contributed by atoms with Gasteiger partial charge in [-0.1, -0.05) is 6.07 Å². The average Bonchev–Trinajstić information content (AvgIpc) is 2.51. The molecular formula is C16H24N2O4S. The van der Waals surface area contributed by atoms with Crippen molar-refractivity contribution in [1.82, 2.24) is 9.88 Å². The SMILES string of the molecule is CSCCC(NC(=O)CCCCn1cccc(C)c1=O)C(=O)O. The van der Waals surface area contributed by atoms with Gasteiger partial charge in [0, 0.05) is 24.7 Å². The fourth-order valence-electron chi connectivity index (χ4n) is 2.16. The normalized spacial score (nSPS) is 11.9. The van der Waals surface area contributed by atoms with Gasteiger partial charge in [-0.25, -0.2) is 4.79 Å². The Hall–Kier alpha value is -1.76. The molecule has 0 fully saturated rings. The Kier molecular flexibility index (Phi) is 8.47.